The first-order chi connectivity index (χ1) is 26.0. The number of aliphatic hydroxyl groups excluding tert-OH is 1. The highest BCUT2D eigenvalue weighted by Crippen LogP contribution is 2.76. The van der Waals surface area contributed by atoms with Gasteiger partial charge in [-0.3, -0.25) is 9.59 Å². The normalized spacial score (nSPS) is 38.8. The van der Waals surface area contributed by atoms with Gasteiger partial charge in [0.2, 0.25) is 0 Å². The van der Waals surface area contributed by atoms with Crippen LogP contribution in [-0.4, -0.2) is 50.2 Å². The topological polar surface area (TPSA) is 125 Å². The number of alkyl halides is 3. The Hall–Kier alpha value is -2.88. The van der Waals surface area contributed by atoms with E-state index in [4.69, 9.17) is 9.47 Å². The number of halogens is 3. The molecule has 10 atom stereocenters. The molecule has 1 unspecified atom stereocenters. The van der Waals surface area contributed by atoms with Gasteiger partial charge in [0.1, 0.15) is 17.7 Å². The molecule has 2 aromatic rings. The Balaban J connectivity index is 1.05. The molecule has 4 saturated carbocycles. The number of aromatic amines is 1. The lowest BCUT2D eigenvalue weighted by Crippen LogP contribution is -2.67. The summed E-state index contributed by atoms with van der Waals surface area (Å²) in [5, 5.41) is 21.9. The number of hydrogen-bond donors (Lipinski definition) is 2. The summed E-state index contributed by atoms with van der Waals surface area (Å²) in [4.78, 5) is 33.2. The number of nitrogens with one attached hydrogen (secondary N) is 1. The fourth-order valence-corrected chi connectivity index (χ4v) is 14.1. The van der Waals surface area contributed by atoms with E-state index in [1.54, 1.807) is 6.07 Å². The number of hydrogen-bond acceptors (Lipinski definition) is 8. The molecule has 1 aliphatic heterocycles. The standard InChI is InChI=1S/C44H58F3N3O5S/c1-38(2)17-9-18-43(8,55-38)28-14-20-42(7)34(28)29(51)22-31-40(5)19-16-32(39(3,4)30(40)15-21-41(31,42)6)54-33(52)24-56-37-49-35(27(23-48)36(53)50-37)25-10-12-26(13-11-25)44(45,46)47/h10-13,28-32,34,51H,9,14-22,24H2,1-8H3,(H,49,50,53)/t28-,29-,30+,31?,32+,34+,40+,41-,42-,43-/m1/s1. The Morgan fingerprint density at radius 2 is 1.66 bits per heavy atom. The van der Waals surface area contributed by atoms with Gasteiger partial charge < -0.3 is 19.6 Å². The molecule has 0 amide bonds. The van der Waals surface area contributed by atoms with Crippen LogP contribution >= 0.6 is 11.8 Å². The predicted octanol–water partition coefficient (Wildman–Crippen LogP) is 9.72. The van der Waals surface area contributed by atoms with Crippen molar-refractivity contribution in [2.45, 2.75) is 154 Å². The van der Waals surface area contributed by atoms with E-state index >= 15 is 0 Å². The number of aromatic nitrogens is 2. The van der Waals surface area contributed by atoms with Gasteiger partial charge in [0.05, 0.1) is 34.3 Å². The summed E-state index contributed by atoms with van der Waals surface area (Å²) in [5.41, 5.74) is -2.54. The molecule has 0 radical (unpaired) electrons. The Morgan fingerprint density at radius 1 is 0.982 bits per heavy atom. The number of carbonyl (C=O) groups is 1. The zero-order valence-corrected chi connectivity index (χ0v) is 34.9. The molecule has 1 aromatic carbocycles. The summed E-state index contributed by atoms with van der Waals surface area (Å²) in [5.74, 6) is 0.511. The number of esters is 1. The van der Waals surface area contributed by atoms with Crippen LogP contribution in [0.25, 0.3) is 11.3 Å². The van der Waals surface area contributed by atoms with Gasteiger partial charge in [-0.25, -0.2) is 4.98 Å². The van der Waals surface area contributed by atoms with Gasteiger partial charge in [-0.05, 0) is 137 Å². The van der Waals surface area contributed by atoms with E-state index in [2.05, 4.69) is 65.4 Å². The molecule has 5 aliphatic rings. The molecule has 0 spiro atoms. The summed E-state index contributed by atoms with van der Waals surface area (Å²) in [6.07, 6.45) is 4.62. The van der Waals surface area contributed by atoms with Gasteiger partial charge in [0, 0.05) is 11.0 Å². The minimum atomic E-state index is -4.54. The highest BCUT2D eigenvalue weighted by Gasteiger charge is 2.72. The third-order valence-corrected chi connectivity index (χ3v) is 17.0. The number of fused-ring (bicyclic) bond motifs is 5. The van der Waals surface area contributed by atoms with Gasteiger partial charge in [-0.15, -0.1) is 0 Å². The van der Waals surface area contributed by atoms with Crippen LogP contribution in [0.4, 0.5) is 13.2 Å². The lowest BCUT2D eigenvalue weighted by Gasteiger charge is -2.70. The Morgan fingerprint density at radius 3 is 2.30 bits per heavy atom. The molecule has 12 heteroatoms. The first kappa shape index (κ1) is 41.3. The number of H-pyrrole nitrogens is 1. The first-order valence-electron chi connectivity index (χ1n) is 20.4. The smallest absolute Gasteiger partial charge is 0.416 e. The van der Waals surface area contributed by atoms with E-state index in [9.17, 15) is 33.1 Å². The van der Waals surface area contributed by atoms with Crippen LogP contribution in [0, 0.1) is 56.7 Å². The maximum Gasteiger partial charge on any atom is 0.416 e. The van der Waals surface area contributed by atoms with Crippen LogP contribution in [0.15, 0.2) is 34.2 Å². The van der Waals surface area contributed by atoms with Crippen LogP contribution < -0.4 is 5.56 Å². The molecule has 56 heavy (non-hydrogen) atoms. The van der Waals surface area contributed by atoms with Crippen LogP contribution in [0.1, 0.15) is 131 Å². The number of carbonyl (C=O) groups excluding carboxylic acids is 1. The highest BCUT2D eigenvalue weighted by molar-refractivity contribution is 7.99. The molecule has 2 heterocycles. The summed E-state index contributed by atoms with van der Waals surface area (Å²) >= 11 is 0.954. The average Bonchev–Trinajstić information content (AvgIpc) is 3.49. The van der Waals surface area contributed by atoms with Gasteiger partial charge in [0.25, 0.3) is 5.56 Å². The number of benzene rings is 1. The number of thioether (sulfide) groups is 1. The van der Waals surface area contributed by atoms with Gasteiger partial charge in [-0.2, -0.15) is 18.4 Å². The van der Waals surface area contributed by atoms with Crippen molar-refractivity contribution in [3.63, 3.8) is 0 Å². The summed E-state index contributed by atoms with van der Waals surface area (Å²) in [6.45, 7) is 18.6. The highest BCUT2D eigenvalue weighted by atomic mass is 32.2. The van der Waals surface area contributed by atoms with Crippen molar-refractivity contribution < 1.29 is 32.5 Å². The van der Waals surface area contributed by atoms with Crippen molar-refractivity contribution >= 4 is 17.7 Å². The minimum absolute atomic E-state index is 0.0144. The predicted molar refractivity (Wildman–Crippen MR) is 208 cm³/mol. The van der Waals surface area contributed by atoms with E-state index < -0.39 is 29.4 Å². The van der Waals surface area contributed by atoms with Crippen molar-refractivity contribution in [1.82, 2.24) is 9.97 Å². The van der Waals surface area contributed by atoms with Gasteiger partial charge in [0.15, 0.2) is 5.16 Å². The van der Waals surface area contributed by atoms with Crippen LogP contribution in [0.5, 0.6) is 0 Å². The van der Waals surface area contributed by atoms with Crippen molar-refractivity contribution in [3.8, 4) is 17.3 Å². The van der Waals surface area contributed by atoms with E-state index in [-0.39, 0.29) is 78.5 Å². The molecule has 1 saturated heterocycles. The number of rotatable bonds is 6. The summed E-state index contributed by atoms with van der Waals surface area (Å²) < 4.78 is 52.6. The SMILES string of the molecule is CC1(C)CCC[C@](C)([C@@H]2CC[C@]3(C)[C@@H]2[C@H](O)CC2[C@@]4(C)CC[C@H](OC(=O)CSc5nc(-c6ccc(C(F)(F)F)cc6)c(C#N)c(=O)[nH]5)C(C)(C)[C@@H]4CC[C@]23C)O1. The molecular formula is C44H58F3N3O5S. The Labute approximate surface area is 333 Å². The van der Waals surface area contributed by atoms with Crippen molar-refractivity contribution in [1.29, 1.82) is 5.26 Å². The molecule has 4 aliphatic carbocycles. The number of aliphatic hydroxyl groups is 1. The largest absolute Gasteiger partial charge is 0.461 e. The second-order valence-corrected chi connectivity index (χ2v) is 20.9. The molecule has 8 nitrogen and oxygen atoms in total. The molecule has 7 rings (SSSR count). The zero-order valence-electron chi connectivity index (χ0n) is 34.1. The Bertz CT molecular complexity index is 1960. The minimum Gasteiger partial charge on any atom is -0.461 e. The molecule has 306 valence electrons. The van der Waals surface area contributed by atoms with Crippen molar-refractivity contribution in [2.75, 3.05) is 5.75 Å². The van der Waals surface area contributed by atoms with Gasteiger partial charge in [-0.1, -0.05) is 58.5 Å². The van der Waals surface area contributed by atoms with Crippen LogP contribution in [-0.2, 0) is 20.4 Å². The molecule has 2 N–H and O–H groups in total. The third-order valence-electron chi connectivity index (χ3n) is 16.2. The van der Waals surface area contributed by atoms with Gasteiger partial charge >= 0.3 is 12.1 Å². The molecule has 5 fully saturated rings. The quantitative estimate of drug-likeness (QED) is 0.168. The number of ether oxygens (including phenoxy) is 2. The van der Waals surface area contributed by atoms with Crippen molar-refractivity contribution in [3.05, 3.63) is 45.7 Å². The number of nitriles is 1. The van der Waals surface area contributed by atoms with E-state index in [1.807, 2.05) is 0 Å². The van der Waals surface area contributed by atoms with Crippen molar-refractivity contribution in [2.24, 2.45) is 45.3 Å². The molecular weight excluding hydrogens is 740 g/mol. The summed E-state index contributed by atoms with van der Waals surface area (Å²) in [7, 11) is 0. The molecule has 1 aromatic heterocycles. The fraction of sp³-hybridized carbons (Fsp3) is 0.727. The van der Waals surface area contributed by atoms with Crippen LogP contribution in [0.3, 0.4) is 0 Å². The Kier molecular flexibility index (Phi) is 10.2. The second kappa shape index (κ2) is 13.9. The lowest BCUT2D eigenvalue weighted by molar-refractivity contribution is -0.258. The number of nitrogens with zero attached hydrogens (tertiary/aromatic N) is 2. The lowest BCUT2D eigenvalue weighted by atomic mass is 9.35. The second-order valence-electron chi connectivity index (χ2n) is 19.9. The third kappa shape index (κ3) is 6.63. The van der Waals surface area contributed by atoms with Crippen LogP contribution in [0.2, 0.25) is 0 Å². The average molecular weight is 798 g/mol. The fourth-order valence-electron chi connectivity index (χ4n) is 13.5. The maximum atomic E-state index is 13.5. The zero-order chi connectivity index (χ0) is 40.9. The monoisotopic (exact) mass is 797 g/mol. The van der Waals surface area contributed by atoms with E-state index in [0.717, 1.165) is 81.7 Å². The molecule has 0 bridgehead atoms. The first-order valence-corrected chi connectivity index (χ1v) is 21.4. The maximum absolute atomic E-state index is 13.5. The summed E-state index contributed by atoms with van der Waals surface area (Å²) in [6, 6.07) is 5.89. The van der Waals surface area contributed by atoms with E-state index in [0.29, 0.717) is 18.3 Å². The van der Waals surface area contributed by atoms with E-state index in [1.165, 1.54) is 12.1 Å².